The minimum atomic E-state index is -2.89. The smallest absolute Gasteiger partial charge is 0.387 e. The number of carbonyl (C=O) groups excluding carboxylic acids is 1. The Kier molecular flexibility index (Phi) is 5.77. The number of hydrogen-bond acceptors (Lipinski definition) is 7. The summed E-state index contributed by atoms with van der Waals surface area (Å²) in [7, 11) is 0. The number of nitrogens with one attached hydrogen (secondary N) is 2. The number of aromatic amines is 1. The molecule has 9 nitrogen and oxygen atoms in total. The molecule has 4 rings (SSSR count). The third-order valence-electron chi connectivity index (χ3n) is 4.51. The number of carbonyl (C=O) groups is 1. The summed E-state index contributed by atoms with van der Waals surface area (Å²) in [5.41, 5.74) is 1.83. The van der Waals surface area contributed by atoms with Crippen LogP contribution in [0.3, 0.4) is 0 Å². The average molecular weight is 458 g/mol. The molecular formula is C20H16F2N6O3S. The summed E-state index contributed by atoms with van der Waals surface area (Å²) in [5, 5.41) is 13.5. The fourth-order valence-electron chi connectivity index (χ4n) is 2.99. The third-order valence-corrected chi connectivity index (χ3v) is 5.39. The number of nitrogens with zero attached hydrogens (tertiary/aromatic N) is 4. The lowest BCUT2D eigenvalue weighted by Gasteiger charge is -2.05. The Morgan fingerprint density at radius 3 is 2.59 bits per heavy atom. The van der Waals surface area contributed by atoms with Crippen LogP contribution in [0, 0.1) is 13.8 Å². The van der Waals surface area contributed by atoms with E-state index < -0.39 is 12.5 Å². The molecule has 1 aromatic carbocycles. The SMILES string of the molecule is Cc1sc(NC(=O)c2cnn(-c3ccc(=O)[nH]n3)c2C)nc1-c1ccc(OC(F)F)cc1. The zero-order valence-electron chi connectivity index (χ0n) is 16.8. The van der Waals surface area contributed by atoms with Gasteiger partial charge in [0.25, 0.3) is 11.5 Å². The summed E-state index contributed by atoms with van der Waals surface area (Å²) in [5.74, 6) is 0.0154. The van der Waals surface area contributed by atoms with Gasteiger partial charge in [-0.2, -0.15) is 19.0 Å². The average Bonchev–Trinajstić information content (AvgIpc) is 3.31. The highest BCUT2D eigenvalue weighted by atomic mass is 32.1. The molecule has 3 heterocycles. The molecule has 0 aliphatic rings. The number of aromatic nitrogens is 5. The molecule has 3 aromatic heterocycles. The van der Waals surface area contributed by atoms with E-state index in [2.05, 4.69) is 30.3 Å². The number of ether oxygens (including phenoxy) is 1. The van der Waals surface area contributed by atoms with Crippen LogP contribution in [-0.2, 0) is 0 Å². The fourth-order valence-corrected chi connectivity index (χ4v) is 3.83. The van der Waals surface area contributed by atoms with E-state index in [1.54, 1.807) is 19.1 Å². The zero-order valence-corrected chi connectivity index (χ0v) is 17.6. The largest absolute Gasteiger partial charge is 0.435 e. The first kappa shape index (κ1) is 21.3. The lowest BCUT2D eigenvalue weighted by atomic mass is 10.1. The molecule has 0 bridgehead atoms. The van der Waals surface area contributed by atoms with Crippen molar-refractivity contribution in [2.45, 2.75) is 20.5 Å². The molecule has 0 atom stereocenters. The molecule has 0 radical (unpaired) electrons. The van der Waals surface area contributed by atoms with Gasteiger partial charge in [0.1, 0.15) is 5.75 Å². The van der Waals surface area contributed by atoms with Gasteiger partial charge in [0.15, 0.2) is 10.9 Å². The van der Waals surface area contributed by atoms with Crippen LogP contribution in [0.1, 0.15) is 20.9 Å². The fraction of sp³-hybridized carbons (Fsp3) is 0.150. The number of thiazole rings is 1. The first-order chi connectivity index (χ1) is 15.3. The third kappa shape index (κ3) is 4.39. The van der Waals surface area contributed by atoms with E-state index in [0.717, 1.165) is 4.88 Å². The molecule has 0 unspecified atom stereocenters. The molecule has 0 spiro atoms. The van der Waals surface area contributed by atoms with Gasteiger partial charge in [-0.05, 0) is 44.2 Å². The number of aryl methyl sites for hydroxylation is 1. The molecular weight excluding hydrogens is 442 g/mol. The van der Waals surface area contributed by atoms with Crippen LogP contribution >= 0.6 is 11.3 Å². The van der Waals surface area contributed by atoms with Crippen LogP contribution in [0.15, 0.2) is 47.4 Å². The second-order valence-electron chi connectivity index (χ2n) is 6.62. The second kappa shape index (κ2) is 8.67. The van der Waals surface area contributed by atoms with E-state index in [-0.39, 0.29) is 11.3 Å². The Hall–Kier alpha value is -3.93. The molecule has 0 saturated carbocycles. The summed E-state index contributed by atoms with van der Waals surface area (Å²) in [4.78, 5) is 29.3. The zero-order chi connectivity index (χ0) is 22.8. The highest BCUT2D eigenvalue weighted by Gasteiger charge is 2.18. The quantitative estimate of drug-likeness (QED) is 0.457. The van der Waals surface area contributed by atoms with E-state index >= 15 is 0 Å². The van der Waals surface area contributed by atoms with Crippen LogP contribution < -0.4 is 15.6 Å². The minimum Gasteiger partial charge on any atom is -0.435 e. The molecule has 0 saturated heterocycles. The van der Waals surface area contributed by atoms with E-state index in [0.29, 0.717) is 33.5 Å². The van der Waals surface area contributed by atoms with Gasteiger partial charge in [0.2, 0.25) is 0 Å². The first-order valence-electron chi connectivity index (χ1n) is 9.26. The van der Waals surface area contributed by atoms with Gasteiger partial charge >= 0.3 is 6.61 Å². The summed E-state index contributed by atoms with van der Waals surface area (Å²) in [6.07, 6.45) is 1.40. The van der Waals surface area contributed by atoms with E-state index in [9.17, 15) is 18.4 Å². The Morgan fingerprint density at radius 1 is 1.19 bits per heavy atom. The lowest BCUT2D eigenvalue weighted by Crippen LogP contribution is -2.14. The molecule has 32 heavy (non-hydrogen) atoms. The number of amides is 1. The molecule has 164 valence electrons. The van der Waals surface area contributed by atoms with Gasteiger partial charge < -0.3 is 4.74 Å². The molecule has 0 aliphatic carbocycles. The van der Waals surface area contributed by atoms with Crippen molar-refractivity contribution < 1.29 is 18.3 Å². The summed E-state index contributed by atoms with van der Waals surface area (Å²) in [6.45, 7) is 0.657. The van der Waals surface area contributed by atoms with E-state index in [1.165, 1.54) is 46.5 Å². The Morgan fingerprint density at radius 2 is 1.94 bits per heavy atom. The van der Waals surface area contributed by atoms with Crippen molar-refractivity contribution in [3.05, 3.63) is 69.1 Å². The van der Waals surface area contributed by atoms with Crippen molar-refractivity contribution in [3.63, 3.8) is 0 Å². The predicted molar refractivity (Wildman–Crippen MR) is 114 cm³/mol. The van der Waals surface area contributed by atoms with Crippen molar-refractivity contribution in [2.24, 2.45) is 0 Å². The predicted octanol–water partition coefficient (Wildman–Crippen LogP) is 3.55. The number of H-pyrrole nitrogens is 1. The molecule has 0 aliphatic heterocycles. The topological polar surface area (TPSA) is 115 Å². The number of halogens is 2. The van der Waals surface area contributed by atoms with Crippen LogP contribution in [-0.4, -0.2) is 37.5 Å². The lowest BCUT2D eigenvalue weighted by molar-refractivity contribution is -0.0498. The number of hydrogen-bond donors (Lipinski definition) is 2. The van der Waals surface area contributed by atoms with E-state index in [4.69, 9.17) is 0 Å². The van der Waals surface area contributed by atoms with Crippen molar-refractivity contribution in [1.82, 2.24) is 25.0 Å². The van der Waals surface area contributed by atoms with Crippen LogP contribution in [0.5, 0.6) is 5.75 Å². The highest BCUT2D eigenvalue weighted by molar-refractivity contribution is 7.16. The van der Waals surface area contributed by atoms with Crippen LogP contribution in [0.4, 0.5) is 13.9 Å². The van der Waals surface area contributed by atoms with Crippen LogP contribution in [0.2, 0.25) is 0 Å². The summed E-state index contributed by atoms with van der Waals surface area (Å²) >= 11 is 1.28. The van der Waals surface area contributed by atoms with Crippen molar-refractivity contribution in [1.29, 1.82) is 0 Å². The molecule has 0 fully saturated rings. The second-order valence-corrected chi connectivity index (χ2v) is 7.82. The van der Waals surface area contributed by atoms with Crippen molar-refractivity contribution in [2.75, 3.05) is 5.32 Å². The molecule has 12 heteroatoms. The van der Waals surface area contributed by atoms with Gasteiger partial charge in [0, 0.05) is 16.5 Å². The van der Waals surface area contributed by atoms with Gasteiger partial charge in [-0.25, -0.2) is 14.8 Å². The van der Waals surface area contributed by atoms with Gasteiger partial charge in [-0.15, -0.1) is 11.3 Å². The Balaban J connectivity index is 1.52. The van der Waals surface area contributed by atoms with Gasteiger partial charge in [-0.3, -0.25) is 14.9 Å². The number of benzene rings is 1. The number of rotatable bonds is 6. The summed E-state index contributed by atoms with van der Waals surface area (Å²) in [6, 6.07) is 8.92. The highest BCUT2D eigenvalue weighted by Crippen LogP contribution is 2.32. The van der Waals surface area contributed by atoms with Gasteiger partial charge in [-0.1, -0.05) is 0 Å². The van der Waals surface area contributed by atoms with Gasteiger partial charge in [0.05, 0.1) is 23.1 Å². The molecule has 4 aromatic rings. The molecule has 2 N–H and O–H groups in total. The Labute approximate surface area is 183 Å². The number of anilines is 1. The summed E-state index contributed by atoms with van der Waals surface area (Å²) < 4.78 is 30.4. The van der Waals surface area contributed by atoms with Crippen LogP contribution in [0.25, 0.3) is 17.1 Å². The molecule has 1 amide bonds. The maximum Gasteiger partial charge on any atom is 0.387 e. The van der Waals surface area contributed by atoms with Crippen molar-refractivity contribution in [3.8, 4) is 22.8 Å². The maximum absolute atomic E-state index is 12.8. The van der Waals surface area contributed by atoms with E-state index in [1.807, 2.05) is 6.92 Å². The maximum atomic E-state index is 12.8. The minimum absolute atomic E-state index is 0.0506. The first-order valence-corrected chi connectivity index (χ1v) is 10.1. The Bertz CT molecular complexity index is 1310. The van der Waals surface area contributed by atoms with Crippen molar-refractivity contribution >= 4 is 22.4 Å². The monoisotopic (exact) mass is 458 g/mol. The normalized spacial score (nSPS) is 11.0. The number of alkyl halides is 2. The standard InChI is InChI=1S/C20H16F2N6O3S/c1-10-14(9-23-28(10)15-7-8-16(29)27-26-15)18(30)25-20-24-17(11(2)32-20)12-3-5-13(6-4-12)31-19(21)22/h3-9,19H,1-2H3,(H,27,29)(H,24,25,30).